The molecule has 3 aromatic rings. The molecular formula is C24H14F7NO4. The lowest BCUT2D eigenvalue weighted by atomic mass is 9.94. The van der Waals surface area contributed by atoms with Gasteiger partial charge in [0.15, 0.2) is 23.3 Å². The maximum Gasteiger partial charge on any atom is 0.422 e. The molecule has 0 aromatic heterocycles. The highest BCUT2D eigenvalue weighted by atomic mass is 19.4. The number of ether oxygens (including phenoxy) is 1. The average Bonchev–Trinajstić information content (AvgIpc) is 3.24. The third-order valence-electron chi connectivity index (χ3n) is 5.36. The van der Waals surface area contributed by atoms with E-state index in [1.54, 1.807) is 23.5 Å². The normalized spacial score (nSPS) is 14.2. The summed E-state index contributed by atoms with van der Waals surface area (Å²) in [6, 6.07) is 12.4. The van der Waals surface area contributed by atoms with Gasteiger partial charge in [0.25, 0.3) is 0 Å². The van der Waals surface area contributed by atoms with Gasteiger partial charge in [0.2, 0.25) is 5.91 Å². The fourth-order valence-corrected chi connectivity index (χ4v) is 3.70. The first-order valence-corrected chi connectivity index (χ1v) is 9.98. The molecule has 0 spiro atoms. The van der Waals surface area contributed by atoms with Gasteiger partial charge in [0.05, 0.1) is 0 Å². The lowest BCUT2D eigenvalue weighted by molar-refractivity contribution is -0.191. The van der Waals surface area contributed by atoms with Crippen LogP contribution in [0.15, 0.2) is 42.5 Å². The van der Waals surface area contributed by atoms with Crippen LogP contribution in [0, 0.1) is 30.2 Å². The highest BCUT2D eigenvalue weighted by molar-refractivity contribution is 5.97. The molecule has 0 saturated carbocycles. The van der Waals surface area contributed by atoms with E-state index in [0.29, 0.717) is 11.3 Å². The number of carbonyl (C=O) groups is 1. The highest BCUT2D eigenvalue weighted by Crippen LogP contribution is 2.41. The van der Waals surface area contributed by atoms with E-state index in [0.717, 1.165) is 16.7 Å². The first-order valence-electron chi connectivity index (χ1n) is 9.98. The van der Waals surface area contributed by atoms with Crippen molar-refractivity contribution in [2.24, 2.45) is 0 Å². The maximum absolute atomic E-state index is 14.2. The molecule has 0 fully saturated rings. The van der Waals surface area contributed by atoms with Crippen molar-refractivity contribution >= 4 is 17.7 Å². The van der Waals surface area contributed by atoms with Gasteiger partial charge in [-0.3, -0.25) is 4.79 Å². The molecule has 1 aliphatic rings. The van der Waals surface area contributed by atoms with Crippen LogP contribution in [-0.4, -0.2) is 18.7 Å². The number of nitrogens with one attached hydrogen (secondary N) is 1. The predicted octanol–water partition coefficient (Wildman–Crippen LogP) is 5.77. The van der Waals surface area contributed by atoms with Crippen molar-refractivity contribution in [3.63, 3.8) is 0 Å². The Balaban J connectivity index is 0.00000115. The summed E-state index contributed by atoms with van der Waals surface area (Å²) in [5, 5.41) is 1.68. The number of hydrogen-bond donors (Lipinski definition) is 1. The zero-order valence-corrected chi connectivity index (χ0v) is 18.1. The van der Waals surface area contributed by atoms with E-state index in [-0.39, 0.29) is 12.8 Å². The van der Waals surface area contributed by atoms with E-state index in [4.69, 9.17) is 14.3 Å². The molecule has 1 heterocycles. The standard InChI is InChI=1S/C23H14F7NO2.CO2/c1-10-4-2-3-5-12(10)11-6-7-15-13(8-11)14(9-33-15)22(32)31-21-19(26)17(24)16(23(28,29)30)18(25)20(21)27;2-1-3/h2-8,14H,9H2,1H3,(H,31,32);. The van der Waals surface area contributed by atoms with E-state index >= 15 is 0 Å². The zero-order valence-electron chi connectivity index (χ0n) is 18.1. The number of alkyl halides is 3. The number of hydrogen-bond acceptors (Lipinski definition) is 4. The zero-order chi connectivity index (χ0) is 26.8. The lowest BCUT2D eigenvalue weighted by Crippen LogP contribution is -2.25. The largest absolute Gasteiger partial charge is 0.492 e. The van der Waals surface area contributed by atoms with Crippen molar-refractivity contribution in [3.8, 4) is 16.9 Å². The Morgan fingerprint density at radius 1 is 0.972 bits per heavy atom. The van der Waals surface area contributed by atoms with E-state index < -0.39 is 52.5 Å². The van der Waals surface area contributed by atoms with Gasteiger partial charge < -0.3 is 10.1 Å². The first kappa shape index (κ1) is 26.4. The Bertz CT molecular complexity index is 1340. The van der Waals surface area contributed by atoms with Crippen LogP contribution in [0.3, 0.4) is 0 Å². The Kier molecular flexibility index (Phi) is 7.49. The quantitative estimate of drug-likeness (QED) is 0.357. The molecule has 4 rings (SSSR count). The van der Waals surface area contributed by atoms with Gasteiger partial charge in [0.1, 0.15) is 29.5 Å². The van der Waals surface area contributed by atoms with Crippen LogP contribution < -0.4 is 10.1 Å². The first-order chi connectivity index (χ1) is 16.9. The minimum atomic E-state index is -5.68. The molecule has 0 bridgehead atoms. The molecule has 188 valence electrons. The summed E-state index contributed by atoms with van der Waals surface area (Å²) in [7, 11) is 0. The summed E-state index contributed by atoms with van der Waals surface area (Å²) in [4.78, 5) is 29.0. The van der Waals surface area contributed by atoms with Gasteiger partial charge in [-0.15, -0.1) is 0 Å². The molecule has 0 saturated heterocycles. The summed E-state index contributed by atoms with van der Waals surface area (Å²) in [5.41, 5.74) is -1.49. The number of aryl methyl sites for hydroxylation is 1. The molecule has 0 aliphatic carbocycles. The summed E-state index contributed by atoms with van der Waals surface area (Å²) in [6.07, 6.45) is -5.43. The van der Waals surface area contributed by atoms with Gasteiger partial charge in [-0.1, -0.05) is 30.3 Å². The highest BCUT2D eigenvalue weighted by Gasteiger charge is 2.43. The second kappa shape index (κ2) is 10.2. The van der Waals surface area contributed by atoms with E-state index in [9.17, 15) is 35.5 Å². The molecule has 0 radical (unpaired) electrons. The van der Waals surface area contributed by atoms with Gasteiger partial charge in [-0.25, -0.2) is 17.6 Å². The van der Waals surface area contributed by atoms with Crippen LogP contribution in [-0.2, 0) is 20.6 Å². The maximum atomic E-state index is 14.2. The van der Waals surface area contributed by atoms with Crippen LogP contribution in [0.5, 0.6) is 5.75 Å². The summed E-state index contributed by atoms with van der Waals surface area (Å²) >= 11 is 0. The van der Waals surface area contributed by atoms with Crippen molar-refractivity contribution in [2.45, 2.75) is 19.0 Å². The van der Waals surface area contributed by atoms with E-state index in [1.807, 2.05) is 31.2 Å². The molecule has 1 amide bonds. The van der Waals surface area contributed by atoms with Crippen molar-refractivity contribution in [2.75, 3.05) is 11.9 Å². The number of amides is 1. The molecule has 36 heavy (non-hydrogen) atoms. The van der Waals surface area contributed by atoms with Crippen LogP contribution in [0.25, 0.3) is 11.1 Å². The second-order valence-corrected chi connectivity index (χ2v) is 7.51. The molecule has 5 nitrogen and oxygen atoms in total. The van der Waals surface area contributed by atoms with Gasteiger partial charge in [-0.2, -0.15) is 22.8 Å². The average molecular weight is 513 g/mol. The molecule has 1 atom stereocenters. The Morgan fingerprint density at radius 3 is 2.11 bits per heavy atom. The summed E-state index contributed by atoms with van der Waals surface area (Å²) < 4.78 is 99.8. The molecule has 1 unspecified atom stereocenters. The van der Waals surface area contributed by atoms with Crippen molar-refractivity contribution < 1.29 is 49.9 Å². The van der Waals surface area contributed by atoms with Crippen LogP contribution in [0.1, 0.15) is 22.6 Å². The van der Waals surface area contributed by atoms with Crippen LogP contribution in [0.4, 0.5) is 36.4 Å². The van der Waals surface area contributed by atoms with Gasteiger partial charge in [0, 0.05) is 5.56 Å². The molecule has 1 aliphatic heterocycles. The van der Waals surface area contributed by atoms with Gasteiger partial charge >= 0.3 is 12.3 Å². The second-order valence-electron chi connectivity index (χ2n) is 7.51. The fraction of sp³-hybridized carbons (Fsp3) is 0.167. The molecule has 12 heteroatoms. The smallest absolute Gasteiger partial charge is 0.422 e. The van der Waals surface area contributed by atoms with E-state index in [1.165, 1.54) is 0 Å². The number of fused-ring (bicyclic) bond motifs is 1. The van der Waals surface area contributed by atoms with Crippen molar-refractivity contribution in [3.05, 3.63) is 82.4 Å². The summed E-state index contributed by atoms with van der Waals surface area (Å²) in [5.74, 6) is -11.9. The number of halogens is 7. The van der Waals surface area contributed by atoms with E-state index in [2.05, 4.69) is 0 Å². The Labute approximate surface area is 198 Å². The molecule has 3 aromatic carbocycles. The third-order valence-corrected chi connectivity index (χ3v) is 5.36. The van der Waals surface area contributed by atoms with Crippen molar-refractivity contribution in [1.82, 2.24) is 0 Å². The predicted molar refractivity (Wildman–Crippen MR) is 110 cm³/mol. The minimum Gasteiger partial charge on any atom is -0.492 e. The minimum absolute atomic E-state index is 0.243. The van der Waals surface area contributed by atoms with Crippen molar-refractivity contribution in [1.29, 1.82) is 0 Å². The number of anilines is 1. The number of benzene rings is 3. The topological polar surface area (TPSA) is 72.5 Å². The molecular weight excluding hydrogens is 499 g/mol. The SMILES string of the molecule is Cc1ccccc1-c1ccc2c(c1)C(C(=O)Nc1c(F)c(F)c(C(F)(F)F)c(F)c1F)CO2.O=C=O. The number of rotatable bonds is 3. The summed E-state index contributed by atoms with van der Waals surface area (Å²) in [6.45, 7) is 1.63. The fourth-order valence-electron chi connectivity index (χ4n) is 3.70. The number of carbonyl (C=O) groups excluding carboxylic acids is 3. The Hall–Kier alpha value is -4.18. The van der Waals surface area contributed by atoms with Crippen LogP contribution >= 0.6 is 0 Å². The van der Waals surface area contributed by atoms with Gasteiger partial charge in [-0.05, 0) is 35.7 Å². The monoisotopic (exact) mass is 513 g/mol. The van der Waals surface area contributed by atoms with Crippen LogP contribution in [0.2, 0.25) is 0 Å². The third kappa shape index (κ3) is 4.94. The Morgan fingerprint density at radius 2 is 1.56 bits per heavy atom. The molecule has 1 N–H and O–H groups in total. The lowest BCUT2D eigenvalue weighted by Gasteiger charge is -2.16.